The first-order valence-corrected chi connectivity index (χ1v) is 10.2. The van der Waals surface area contributed by atoms with Crippen molar-refractivity contribution >= 4 is 23.3 Å². The van der Waals surface area contributed by atoms with E-state index in [4.69, 9.17) is 4.74 Å². The van der Waals surface area contributed by atoms with Gasteiger partial charge in [0.05, 0.1) is 12.7 Å². The standard InChI is InChI=1S/C23H29N3O3/c1-17(24-16-18-6-8-19(9-7-18)23(28)29-2)22(27)25-20-10-12-21(13-11-20)26-14-4-3-5-15-26/h6-13,17,24H,3-5,14-16H2,1-2H3,(H,25,27)/p+1/t17-/m0/s1. The molecule has 1 atom stereocenters. The number of esters is 1. The molecule has 0 bridgehead atoms. The van der Waals surface area contributed by atoms with Crippen molar-refractivity contribution in [3.63, 3.8) is 0 Å². The summed E-state index contributed by atoms with van der Waals surface area (Å²) >= 11 is 0. The monoisotopic (exact) mass is 396 g/mol. The van der Waals surface area contributed by atoms with E-state index in [1.165, 1.54) is 32.1 Å². The number of benzene rings is 2. The Bertz CT molecular complexity index is 812. The van der Waals surface area contributed by atoms with Gasteiger partial charge in [0.2, 0.25) is 0 Å². The third kappa shape index (κ3) is 5.81. The molecule has 3 N–H and O–H groups in total. The Balaban J connectivity index is 1.48. The second kappa shape index (κ2) is 10.1. The van der Waals surface area contributed by atoms with Crippen LogP contribution in [0.2, 0.25) is 0 Å². The van der Waals surface area contributed by atoms with Crippen molar-refractivity contribution < 1.29 is 19.6 Å². The maximum atomic E-state index is 12.5. The molecule has 0 unspecified atom stereocenters. The van der Waals surface area contributed by atoms with Gasteiger partial charge in [-0.15, -0.1) is 0 Å². The summed E-state index contributed by atoms with van der Waals surface area (Å²) in [4.78, 5) is 26.4. The third-order valence-corrected chi connectivity index (χ3v) is 5.35. The average Bonchev–Trinajstić information content (AvgIpc) is 2.78. The Kier molecular flexibility index (Phi) is 7.25. The quantitative estimate of drug-likeness (QED) is 0.706. The molecule has 1 fully saturated rings. The summed E-state index contributed by atoms with van der Waals surface area (Å²) in [7, 11) is 1.37. The molecule has 1 amide bonds. The van der Waals surface area contributed by atoms with Crippen LogP contribution in [0.25, 0.3) is 0 Å². The number of amides is 1. The second-order valence-corrected chi connectivity index (χ2v) is 7.50. The van der Waals surface area contributed by atoms with Gasteiger partial charge in [-0.1, -0.05) is 12.1 Å². The van der Waals surface area contributed by atoms with Crippen LogP contribution in [0.1, 0.15) is 42.1 Å². The zero-order chi connectivity index (χ0) is 20.6. The van der Waals surface area contributed by atoms with E-state index in [2.05, 4.69) is 22.3 Å². The van der Waals surface area contributed by atoms with Crippen LogP contribution < -0.4 is 15.5 Å². The Morgan fingerprint density at radius 1 is 1.03 bits per heavy atom. The molecule has 0 radical (unpaired) electrons. The van der Waals surface area contributed by atoms with Crippen molar-refractivity contribution in [1.82, 2.24) is 0 Å². The maximum absolute atomic E-state index is 12.5. The van der Waals surface area contributed by atoms with Gasteiger partial charge in [-0.2, -0.15) is 0 Å². The lowest BCUT2D eigenvalue weighted by Gasteiger charge is -2.28. The van der Waals surface area contributed by atoms with Crippen molar-refractivity contribution in [1.29, 1.82) is 0 Å². The number of nitrogens with two attached hydrogens (primary N) is 1. The molecular formula is C23H30N3O3+. The van der Waals surface area contributed by atoms with Crippen molar-refractivity contribution in [3.05, 3.63) is 59.7 Å². The highest BCUT2D eigenvalue weighted by atomic mass is 16.5. The van der Waals surface area contributed by atoms with Gasteiger partial charge in [-0.3, -0.25) is 4.79 Å². The summed E-state index contributed by atoms with van der Waals surface area (Å²) < 4.78 is 4.70. The van der Waals surface area contributed by atoms with E-state index in [1.54, 1.807) is 12.1 Å². The topological polar surface area (TPSA) is 75.2 Å². The van der Waals surface area contributed by atoms with E-state index in [0.29, 0.717) is 12.1 Å². The molecule has 0 spiro atoms. The van der Waals surface area contributed by atoms with E-state index in [9.17, 15) is 9.59 Å². The normalized spacial score (nSPS) is 14.9. The lowest BCUT2D eigenvalue weighted by atomic mass is 10.1. The first kappa shape index (κ1) is 20.9. The molecule has 1 aliphatic rings. The summed E-state index contributed by atoms with van der Waals surface area (Å²) in [5, 5.41) is 4.97. The van der Waals surface area contributed by atoms with Gasteiger partial charge in [0.1, 0.15) is 6.54 Å². The number of hydrogen-bond acceptors (Lipinski definition) is 4. The van der Waals surface area contributed by atoms with E-state index in [1.807, 2.05) is 36.5 Å². The Morgan fingerprint density at radius 2 is 1.69 bits per heavy atom. The van der Waals surface area contributed by atoms with Crippen LogP contribution in [0.15, 0.2) is 48.5 Å². The molecule has 2 aromatic rings. The highest BCUT2D eigenvalue weighted by molar-refractivity contribution is 5.93. The van der Waals surface area contributed by atoms with Crippen LogP contribution in [0.3, 0.4) is 0 Å². The lowest BCUT2D eigenvalue weighted by molar-refractivity contribution is -0.688. The van der Waals surface area contributed by atoms with Gasteiger partial charge >= 0.3 is 5.97 Å². The first-order valence-electron chi connectivity index (χ1n) is 10.2. The molecule has 6 nitrogen and oxygen atoms in total. The van der Waals surface area contributed by atoms with Gasteiger partial charge in [0.25, 0.3) is 5.91 Å². The number of nitrogens with zero attached hydrogens (tertiary/aromatic N) is 1. The molecular weight excluding hydrogens is 366 g/mol. The van der Waals surface area contributed by atoms with E-state index in [0.717, 1.165) is 24.3 Å². The van der Waals surface area contributed by atoms with Gasteiger partial charge < -0.3 is 20.3 Å². The summed E-state index contributed by atoms with van der Waals surface area (Å²) in [6, 6.07) is 15.1. The van der Waals surface area contributed by atoms with Gasteiger partial charge in [0.15, 0.2) is 6.04 Å². The van der Waals surface area contributed by atoms with Gasteiger partial charge in [-0.05, 0) is 62.6 Å². The van der Waals surface area contributed by atoms with Gasteiger partial charge in [0, 0.05) is 30.0 Å². The van der Waals surface area contributed by atoms with Crippen LogP contribution in [0.4, 0.5) is 11.4 Å². The molecule has 2 aromatic carbocycles. The number of methoxy groups -OCH3 is 1. The van der Waals surface area contributed by atoms with E-state index < -0.39 is 0 Å². The summed E-state index contributed by atoms with van der Waals surface area (Å²) in [6.45, 7) is 4.76. The number of hydrogen-bond donors (Lipinski definition) is 2. The summed E-state index contributed by atoms with van der Waals surface area (Å²) in [5.41, 5.74) is 3.61. The minimum absolute atomic E-state index is 0.0260. The molecule has 0 saturated carbocycles. The second-order valence-electron chi connectivity index (χ2n) is 7.50. The molecule has 1 aliphatic heterocycles. The molecule has 0 aromatic heterocycles. The predicted octanol–water partition coefficient (Wildman–Crippen LogP) is 2.55. The van der Waals surface area contributed by atoms with Crippen molar-refractivity contribution in [2.75, 3.05) is 30.4 Å². The van der Waals surface area contributed by atoms with Crippen molar-refractivity contribution in [2.45, 2.75) is 38.8 Å². The number of rotatable bonds is 7. The maximum Gasteiger partial charge on any atom is 0.337 e. The predicted molar refractivity (Wildman–Crippen MR) is 114 cm³/mol. The number of carbonyl (C=O) groups excluding carboxylic acids is 2. The zero-order valence-corrected chi connectivity index (χ0v) is 17.2. The molecule has 6 heteroatoms. The Hall–Kier alpha value is -2.86. The van der Waals surface area contributed by atoms with Gasteiger partial charge in [-0.25, -0.2) is 4.79 Å². The largest absolute Gasteiger partial charge is 0.465 e. The zero-order valence-electron chi connectivity index (χ0n) is 17.2. The molecule has 0 aliphatic carbocycles. The van der Waals surface area contributed by atoms with Crippen molar-refractivity contribution in [2.24, 2.45) is 0 Å². The average molecular weight is 397 g/mol. The van der Waals surface area contributed by atoms with Crippen LogP contribution in [0.5, 0.6) is 0 Å². The number of quaternary nitrogens is 1. The molecule has 1 saturated heterocycles. The fraction of sp³-hybridized carbons (Fsp3) is 0.391. The molecule has 1 heterocycles. The van der Waals surface area contributed by atoms with Crippen LogP contribution in [0, 0.1) is 0 Å². The number of piperidine rings is 1. The Labute approximate surface area is 172 Å². The number of ether oxygens (including phenoxy) is 1. The number of nitrogens with one attached hydrogen (secondary N) is 1. The van der Waals surface area contributed by atoms with E-state index >= 15 is 0 Å². The smallest absolute Gasteiger partial charge is 0.337 e. The summed E-state index contributed by atoms with van der Waals surface area (Å²) in [6.07, 6.45) is 3.81. The highest BCUT2D eigenvalue weighted by Gasteiger charge is 2.17. The minimum Gasteiger partial charge on any atom is -0.465 e. The van der Waals surface area contributed by atoms with Crippen molar-refractivity contribution in [3.8, 4) is 0 Å². The number of carbonyl (C=O) groups is 2. The minimum atomic E-state index is -0.348. The van der Waals surface area contributed by atoms with Crippen LogP contribution in [-0.4, -0.2) is 38.1 Å². The third-order valence-electron chi connectivity index (χ3n) is 5.35. The fourth-order valence-electron chi connectivity index (χ4n) is 3.48. The highest BCUT2D eigenvalue weighted by Crippen LogP contribution is 2.21. The molecule has 3 rings (SSSR count). The fourth-order valence-corrected chi connectivity index (χ4v) is 3.48. The first-order chi connectivity index (χ1) is 14.1. The van der Waals surface area contributed by atoms with Crippen LogP contribution in [-0.2, 0) is 16.1 Å². The lowest BCUT2D eigenvalue weighted by Crippen LogP contribution is -2.90. The molecule has 154 valence electrons. The number of anilines is 2. The van der Waals surface area contributed by atoms with Crippen LogP contribution >= 0.6 is 0 Å². The summed E-state index contributed by atoms with van der Waals surface area (Å²) in [5.74, 6) is -0.374. The van der Waals surface area contributed by atoms with E-state index in [-0.39, 0.29) is 17.9 Å². The molecule has 29 heavy (non-hydrogen) atoms. The Morgan fingerprint density at radius 3 is 2.31 bits per heavy atom. The SMILES string of the molecule is COC(=O)c1ccc(C[NH2+][C@@H](C)C(=O)Nc2ccc(N3CCCCC3)cc2)cc1.